The third-order valence-corrected chi connectivity index (χ3v) is 5.01. The Morgan fingerprint density at radius 2 is 1.81 bits per heavy atom. The van der Waals surface area contributed by atoms with E-state index in [1.54, 1.807) is 4.90 Å². The number of halogens is 1. The monoisotopic (exact) mass is 350 g/mol. The number of amides is 1. The van der Waals surface area contributed by atoms with Gasteiger partial charge in [-0.25, -0.2) is 4.39 Å². The van der Waals surface area contributed by atoms with Gasteiger partial charge in [-0.3, -0.25) is 9.59 Å². The van der Waals surface area contributed by atoms with Gasteiger partial charge in [-0.05, 0) is 60.7 Å². The molecule has 0 aliphatic carbocycles. The summed E-state index contributed by atoms with van der Waals surface area (Å²) in [4.78, 5) is 30.4. The van der Waals surface area contributed by atoms with E-state index in [4.69, 9.17) is 0 Å². The molecule has 0 spiro atoms. The minimum absolute atomic E-state index is 0.0256. The van der Waals surface area contributed by atoms with E-state index in [9.17, 15) is 14.0 Å². The van der Waals surface area contributed by atoms with Gasteiger partial charge in [0.25, 0.3) is 5.91 Å². The predicted octanol–water partition coefficient (Wildman–Crippen LogP) is 4.04. The molecule has 4 rings (SSSR count). The first kappa shape index (κ1) is 16.5. The van der Waals surface area contributed by atoms with Crippen LogP contribution in [-0.2, 0) is 0 Å². The van der Waals surface area contributed by atoms with E-state index >= 15 is 0 Å². The number of likely N-dealkylation sites (tertiary alicyclic amines) is 1. The van der Waals surface area contributed by atoms with Crippen molar-refractivity contribution in [3.05, 3.63) is 71.7 Å². The van der Waals surface area contributed by atoms with Crippen molar-refractivity contribution < 1.29 is 14.0 Å². The molecule has 0 radical (unpaired) electrons. The summed E-state index contributed by atoms with van der Waals surface area (Å²) in [6.45, 7) is 1.05. The van der Waals surface area contributed by atoms with Crippen LogP contribution in [0.15, 0.2) is 54.7 Å². The zero-order chi connectivity index (χ0) is 18.1. The van der Waals surface area contributed by atoms with Gasteiger partial charge < -0.3 is 9.88 Å². The van der Waals surface area contributed by atoms with Gasteiger partial charge in [0.05, 0.1) is 0 Å². The van der Waals surface area contributed by atoms with Crippen LogP contribution in [0.4, 0.5) is 4.39 Å². The quantitative estimate of drug-likeness (QED) is 0.725. The Kier molecular flexibility index (Phi) is 4.29. The van der Waals surface area contributed by atoms with Crippen LogP contribution in [0, 0.1) is 11.7 Å². The minimum Gasteiger partial charge on any atom is -0.361 e. The third kappa shape index (κ3) is 3.12. The Balaban J connectivity index is 1.51. The summed E-state index contributed by atoms with van der Waals surface area (Å²) in [6.07, 6.45) is 3.38. The Bertz CT molecular complexity index is 962. The van der Waals surface area contributed by atoms with Gasteiger partial charge in [-0.1, -0.05) is 6.07 Å². The lowest BCUT2D eigenvalue weighted by Crippen LogP contribution is -2.42. The fraction of sp³-hybridized carbons (Fsp3) is 0.238. The number of aromatic amines is 1. The van der Waals surface area contributed by atoms with Crippen molar-refractivity contribution in [1.29, 1.82) is 0 Å². The van der Waals surface area contributed by atoms with Crippen LogP contribution in [0.1, 0.15) is 33.6 Å². The van der Waals surface area contributed by atoms with Crippen LogP contribution in [-0.4, -0.2) is 34.7 Å². The summed E-state index contributed by atoms with van der Waals surface area (Å²) >= 11 is 0. The van der Waals surface area contributed by atoms with Crippen molar-refractivity contribution in [2.45, 2.75) is 12.8 Å². The number of nitrogens with one attached hydrogen (secondary N) is 1. The zero-order valence-corrected chi connectivity index (χ0v) is 14.2. The molecular formula is C21H19FN2O2. The molecule has 1 fully saturated rings. The molecule has 2 aromatic carbocycles. The first-order chi connectivity index (χ1) is 12.6. The number of piperidine rings is 1. The number of aromatic nitrogens is 1. The molecule has 1 N–H and O–H groups in total. The zero-order valence-electron chi connectivity index (χ0n) is 14.2. The first-order valence-electron chi connectivity index (χ1n) is 8.78. The number of hydrogen-bond acceptors (Lipinski definition) is 2. The van der Waals surface area contributed by atoms with Gasteiger partial charge in [0.15, 0.2) is 5.78 Å². The summed E-state index contributed by atoms with van der Waals surface area (Å²) in [5.74, 6) is -0.686. The highest BCUT2D eigenvalue weighted by molar-refractivity contribution is 6.00. The highest BCUT2D eigenvalue weighted by Gasteiger charge is 2.29. The Hall–Kier alpha value is -2.95. The first-order valence-corrected chi connectivity index (χ1v) is 8.78. The minimum atomic E-state index is -0.360. The highest BCUT2D eigenvalue weighted by atomic mass is 19.1. The summed E-state index contributed by atoms with van der Waals surface area (Å²) in [7, 11) is 0. The third-order valence-electron chi connectivity index (χ3n) is 5.01. The number of Topliss-reactive ketones (excluding diaryl/α,β-unsaturated/α-hetero) is 1. The average molecular weight is 350 g/mol. The lowest BCUT2D eigenvalue weighted by molar-refractivity contribution is 0.0637. The summed E-state index contributed by atoms with van der Waals surface area (Å²) in [5, 5.41) is 1.06. The molecule has 1 aliphatic rings. The van der Waals surface area contributed by atoms with Crippen molar-refractivity contribution in [2.24, 2.45) is 5.92 Å². The Morgan fingerprint density at radius 3 is 2.62 bits per heavy atom. The van der Waals surface area contributed by atoms with Crippen molar-refractivity contribution >= 4 is 22.6 Å². The van der Waals surface area contributed by atoms with E-state index in [-0.39, 0.29) is 23.4 Å². The van der Waals surface area contributed by atoms with Crippen LogP contribution in [0.5, 0.6) is 0 Å². The summed E-state index contributed by atoms with van der Waals surface area (Å²) in [5.41, 5.74) is 2.04. The van der Waals surface area contributed by atoms with Gasteiger partial charge in [0, 0.05) is 41.8 Å². The molecule has 1 amide bonds. The fourth-order valence-corrected chi connectivity index (χ4v) is 3.59. The number of ketones is 1. The average Bonchev–Trinajstić information content (AvgIpc) is 3.15. The molecule has 26 heavy (non-hydrogen) atoms. The lowest BCUT2D eigenvalue weighted by atomic mass is 9.89. The highest BCUT2D eigenvalue weighted by Crippen LogP contribution is 2.23. The van der Waals surface area contributed by atoms with E-state index in [0.717, 1.165) is 23.7 Å². The second-order valence-corrected chi connectivity index (χ2v) is 6.74. The van der Waals surface area contributed by atoms with Gasteiger partial charge in [-0.15, -0.1) is 0 Å². The van der Waals surface area contributed by atoms with Gasteiger partial charge in [0.2, 0.25) is 0 Å². The molecule has 2 heterocycles. The van der Waals surface area contributed by atoms with E-state index in [1.165, 1.54) is 24.3 Å². The van der Waals surface area contributed by atoms with Crippen molar-refractivity contribution in [3.63, 3.8) is 0 Å². The molecule has 0 bridgehead atoms. The molecule has 3 aromatic rings. The van der Waals surface area contributed by atoms with Crippen molar-refractivity contribution in [2.75, 3.05) is 13.1 Å². The van der Waals surface area contributed by atoms with Gasteiger partial charge >= 0.3 is 0 Å². The number of nitrogens with zero attached hydrogens (tertiary/aromatic N) is 1. The van der Waals surface area contributed by atoms with Crippen molar-refractivity contribution in [1.82, 2.24) is 9.88 Å². The molecule has 4 nitrogen and oxygen atoms in total. The van der Waals surface area contributed by atoms with Gasteiger partial charge in [0.1, 0.15) is 5.82 Å². The van der Waals surface area contributed by atoms with Crippen LogP contribution in [0.25, 0.3) is 10.9 Å². The maximum Gasteiger partial charge on any atom is 0.253 e. The number of hydrogen-bond donors (Lipinski definition) is 1. The molecular weight excluding hydrogens is 331 g/mol. The molecule has 1 unspecified atom stereocenters. The number of benzene rings is 2. The maximum absolute atomic E-state index is 13.1. The summed E-state index contributed by atoms with van der Waals surface area (Å²) in [6, 6.07) is 13.2. The standard InChI is InChI=1S/C21H19FN2O2/c22-18-7-5-15(6-8-18)20(25)17-2-1-11-24(13-17)21(26)16-4-3-14-9-10-23-19(14)12-16/h3-10,12,17,23H,1-2,11,13H2. The lowest BCUT2D eigenvalue weighted by Gasteiger charge is -2.32. The van der Waals surface area contributed by atoms with Crippen LogP contribution in [0.2, 0.25) is 0 Å². The molecule has 1 saturated heterocycles. The number of H-pyrrole nitrogens is 1. The largest absolute Gasteiger partial charge is 0.361 e. The van der Waals surface area contributed by atoms with Crippen LogP contribution < -0.4 is 0 Å². The number of fused-ring (bicyclic) bond motifs is 1. The molecule has 1 aromatic heterocycles. The number of carbonyl (C=O) groups excluding carboxylic acids is 2. The molecule has 1 aliphatic heterocycles. The molecule has 132 valence electrons. The maximum atomic E-state index is 13.1. The van der Waals surface area contributed by atoms with E-state index < -0.39 is 0 Å². The van der Waals surface area contributed by atoms with E-state index in [2.05, 4.69) is 4.98 Å². The Labute approximate surface area is 150 Å². The molecule has 1 atom stereocenters. The fourth-order valence-electron chi connectivity index (χ4n) is 3.59. The topological polar surface area (TPSA) is 53.2 Å². The summed E-state index contributed by atoms with van der Waals surface area (Å²) < 4.78 is 13.1. The number of rotatable bonds is 3. The van der Waals surface area contributed by atoms with Gasteiger partial charge in [-0.2, -0.15) is 0 Å². The predicted molar refractivity (Wildman–Crippen MR) is 97.7 cm³/mol. The second-order valence-electron chi connectivity index (χ2n) is 6.74. The van der Waals surface area contributed by atoms with Crippen LogP contribution >= 0.6 is 0 Å². The van der Waals surface area contributed by atoms with Crippen LogP contribution in [0.3, 0.4) is 0 Å². The molecule has 5 heteroatoms. The van der Waals surface area contributed by atoms with Crippen molar-refractivity contribution in [3.8, 4) is 0 Å². The SMILES string of the molecule is O=C(c1ccc(F)cc1)C1CCCN(C(=O)c2ccc3cc[nH]c3c2)C1. The van der Waals surface area contributed by atoms with E-state index in [0.29, 0.717) is 24.2 Å². The Morgan fingerprint density at radius 1 is 1.04 bits per heavy atom. The smallest absolute Gasteiger partial charge is 0.253 e. The number of carbonyl (C=O) groups is 2. The normalized spacial score (nSPS) is 17.4. The van der Waals surface area contributed by atoms with E-state index in [1.807, 2.05) is 30.5 Å². The second kappa shape index (κ2) is 6.75. The molecule has 0 saturated carbocycles.